The molecule has 0 unspecified atom stereocenters. The molecule has 2 rings (SSSR count). The molecule has 0 aliphatic carbocycles. The molecule has 0 amide bonds. The zero-order valence-corrected chi connectivity index (χ0v) is 8.96. The first-order chi connectivity index (χ1) is 5.68. The second kappa shape index (κ2) is 3.56. The Balaban J connectivity index is 0.000000845. The van der Waals surface area contributed by atoms with Crippen LogP contribution in [0.4, 0.5) is 0 Å². The third kappa shape index (κ3) is 1.64. The number of nitrogens with one attached hydrogen (secondary N) is 1. The third-order valence-corrected chi connectivity index (χ3v) is 2.37. The van der Waals surface area contributed by atoms with E-state index in [1.54, 1.807) is 0 Å². The molecule has 1 heterocycles. The molecule has 0 aliphatic rings. The molecule has 0 spiro atoms. The van der Waals surface area contributed by atoms with Crippen molar-refractivity contribution in [1.82, 2.24) is 9.97 Å². The molecule has 2 nitrogen and oxygen atoms in total. The number of halogens is 2. The molecule has 0 aliphatic heterocycles. The largest absolute Gasteiger partial charge is 0.342 e. The number of hydrogen-bond donors (Lipinski definition) is 1. The number of fused-ring (bicyclic) bond motifs is 1. The van der Waals surface area contributed by atoms with Crippen molar-refractivity contribution in [3.8, 4) is 0 Å². The topological polar surface area (TPSA) is 28.7 Å². The van der Waals surface area contributed by atoms with Gasteiger partial charge in [0.1, 0.15) is 5.82 Å². The van der Waals surface area contributed by atoms with Gasteiger partial charge in [0.25, 0.3) is 0 Å². The minimum Gasteiger partial charge on any atom is -0.342 e. The Hall–Kier alpha value is -0.730. The lowest BCUT2D eigenvalue weighted by molar-refractivity contribution is 1.17. The number of aromatic nitrogens is 2. The lowest BCUT2D eigenvalue weighted by Crippen LogP contribution is -1.77. The average molecular weight is 217 g/mol. The van der Waals surface area contributed by atoms with Crippen LogP contribution in [0.5, 0.6) is 0 Å². The van der Waals surface area contributed by atoms with Crippen molar-refractivity contribution < 1.29 is 0 Å². The van der Waals surface area contributed by atoms with Gasteiger partial charge in [-0.25, -0.2) is 4.98 Å². The van der Waals surface area contributed by atoms with Crippen LogP contribution in [0.2, 0.25) is 5.02 Å². The number of H-pyrrole nitrogens is 1. The Bertz CT molecular complexity index is 434. The predicted octanol–water partition coefficient (Wildman–Crippen LogP) is 3.25. The molecule has 13 heavy (non-hydrogen) atoms. The highest BCUT2D eigenvalue weighted by molar-refractivity contribution is 6.32. The number of nitrogens with zero attached hydrogens (tertiary/aromatic N) is 1. The van der Waals surface area contributed by atoms with Gasteiger partial charge >= 0.3 is 0 Å². The summed E-state index contributed by atoms with van der Waals surface area (Å²) in [6.45, 7) is 3.91. The fourth-order valence-corrected chi connectivity index (χ4v) is 1.46. The van der Waals surface area contributed by atoms with Gasteiger partial charge in [-0.15, -0.1) is 12.4 Å². The van der Waals surface area contributed by atoms with E-state index in [1.165, 1.54) is 0 Å². The summed E-state index contributed by atoms with van der Waals surface area (Å²) in [5.74, 6) is 0.926. The van der Waals surface area contributed by atoms with Gasteiger partial charge in [-0.05, 0) is 31.5 Å². The van der Waals surface area contributed by atoms with E-state index >= 15 is 0 Å². The van der Waals surface area contributed by atoms with Crippen molar-refractivity contribution in [1.29, 1.82) is 0 Å². The Morgan fingerprint density at radius 2 is 2.00 bits per heavy atom. The molecule has 70 valence electrons. The second-order valence-corrected chi connectivity index (χ2v) is 3.30. The van der Waals surface area contributed by atoms with Crippen molar-refractivity contribution in [2.24, 2.45) is 0 Å². The maximum atomic E-state index is 5.94. The van der Waals surface area contributed by atoms with E-state index in [0.717, 1.165) is 27.4 Å². The zero-order chi connectivity index (χ0) is 8.72. The highest BCUT2D eigenvalue weighted by Gasteiger charge is 2.04. The SMILES string of the molecule is Cc1nc2c(C)c(Cl)ccc2[nH]1.Cl. The van der Waals surface area contributed by atoms with Gasteiger partial charge in [0, 0.05) is 5.02 Å². The standard InChI is InChI=1S/C9H9ClN2.ClH/c1-5-7(10)3-4-8-9(5)12-6(2)11-8;/h3-4H,1-2H3,(H,11,12);1H. The van der Waals surface area contributed by atoms with E-state index < -0.39 is 0 Å². The van der Waals surface area contributed by atoms with E-state index in [9.17, 15) is 0 Å². The number of rotatable bonds is 0. The zero-order valence-electron chi connectivity index (χ0n) is 7.39. The van der Waals surface area contributed by atoms with Gasteiger partial charge in [0.05, 0.1) is 11.0 Å². The Morgan fingerprint density at radius 3 is 2.69 bits per heavy atom. The van der Waals surface area contributed by atoms with Gasteiger partial charge in [0.2, 0.25) is 0 Å². The van der Waals surface area contributed by atoms with E-state index in [4.69, 9.17) is 11.6 Å². The van der Waals surface area contributed by atoms with E-state index in [-0.39, 0.29) is 12.4 Å². The maximum Gasteiger partial charge on any atom is 0.104 e. The van der Waals surface area contributed by atoms with Gasteiger partial charge < -0.3 is 4.98 Å². The summed E-state index contributed by atoms with van der Waals surface area (Å²) in [5, 5.41) is 0.772. The minimum absolute atomic E-state index is 0. The summed E-state index contributed by atoms with van der Waals surface area (Å²) < 4.78 is 0. The number of aryl methyl sites for hydroxylation is 2. The molecule has 2 aromatic rings. The molecule has 0 saturated heterocycles. The average Bonchev–Trinajstić information content (AvgIpc) is 2.39. The fraction of sp³-hybridized carbons (Fsp3) is 0.222. The van der Waals surface area contributed by atoms with Crippen LogP contribution < -0.4 is 0 Å². The van der Waals surface area contributed by atoms with Crippen LogP contribution in [-0.4, -0.2) is 9.97 Å². The normalized spacial score (nSPS) is 10.1. The van der Waals surface area contributed by atoms with Gasteiger partial charge in [-0.1, -0.05) is 11.6 Å². The Kier molecular flexibility index (Phi) is 2.84. The second-order valence-electron chi connectivity index (χ2n) is 2.89. The number of hydrogen-bond acceptors (Lipinski definition) is 1. The first-order valence-electron chi connectivity index (χ1n) is 3.80. The molecule has 0 saturated carbocycles. The minimum atomic E-state index is 0. The highest BCUT2D eigenvalue weighted by atomic mass is 35.5. The molecule has 1 N–H and O–H groups in total. The first kappa shape index (κ1) is 10.4. The van der Waals surface area contributed by atoms with Crippen LogP contribution >= 0.6 is 24.0 Å². The molecule has 4 heteroatoms. The van der Waals surface area contributed by atoms with Crippen molar-refractivity contribution >= 4 is 35.0 Å². The predicted molar refractivity (Wildman–Crippen MR) is 57.8 cm³/mol. The van der Waals surface area contributed by atoms with Crippen LogP contribution in [0.15, 0.2) is 12.1 Å². The van der Waals surface area contributed by atoms with E-state index in [1.807, 2.05) is 26.0 Å². The molecule has 1 aromatic heterocycles. The Morgan fingerprint density at radius 1 is 1.31 bits per heavy atom. The molecule has 0 atom stereocenters. The van der Waals surface area contributed by atoms with Crippen LogP contribution in [0, 0.1) is 13.8 Å². The van der Waals surface area contributed by atoms with Gasteiger partial charge in [-0.3, -0.25) is 0 Å². The number of benzene rings is 1. The molecule has 0 fully saturated rings. The molecule has 0 bridgehead atoms. The first-order valence-corrected chi connectivity index (χ1v) is 4.17. The van der Waals surface area contributed by atoms with Crippen molar-refractivity contribution in [2.75, 3.05) is 0 Å². The van der Waals surface area contributed by atoms with Gasteiger partial charge in [-0.2, -0.15) is 0 Å². The molecular weight excluding hydrogens is 207 g/mol. The molecule has 1 aromatic carbocycles. The Labute approximate surface area is 87.7 Å². The van der Waals surface area contributed by atoms with Crippen LogP contribution in [-0.2, 0) is 0 Å². The lowest BCUT2D eigenvalue weighted by Gasteiger charge is -1.96. The van der Waals surface area contributed by atoms with E-state index in [0.29, 0.717) is 0 Å². The van der Waals surface area contributed by atoms with Crippen LogP contribution in [0.25, 0.3) is 11.0 Å². The summed E-state index contributed by atoms with van der Waals surface area (Å²) in [5.41, 5.74) is 3.06. The fourth-order valence-electron chi connectivity index (χ4n) is 1.31. The van der Waals surface area contributed by atoms with Gasteiger partial charge in [0.15, 0.2) is 0 Å². The van der Waals surface area contributed by atoms with Crippen molar-refractivity contribution in [2.45, 2.75) is 13.8 Å². The van der Waals surface area contributed by atoms with Crippen molar-refractivity contribution in [3.63, 3.8) is 0 Å². The summed E-state index contributed by atoms with van der Waals surface area (Å²) in [6.07, 6.45) is 0. The molecular formula is C9H10Cl2N2. The van der Waals surface area contributed by atoms with Crippen LogP contribution in [0.3, 0.4) is 0 Å². The van der Waals surface area contributed by atoms with Crippen molar-refractivity contribution in [3.05, 3.63) is 28.5 Å². The third-order valence-electron chi connectivity index (χ3n) is 1.96. The quantitative estimate of drug-likeness (QED) is 0.720. The monoisotopic (exact) mass is 216 g/mol. The number of imidazole rings is 1. The smallest absolute Gasteiger partial charge is 0.104 e. The molecule has 0 radical (unpaired) electrons. The summed E-state index contributed by atoms with van der Waals surface area (Å²) in [7, 11) is 0. The summed E-state index contributed by atoms with van der Waals surface area (Å²) >= 11 is 5.94. The van der Waals surface area contributed by atoms with Crippen LogP contribution in [0.1, 0.15) is 11.4 Å². The maximum absolute atomic E-state index is 5.94. The number of aromatic amines is 1. The van der Waals surface area contributed by atoms with E-state index in [2.05, 4.69) is 9.97 Å². The highest BCUT2D eigenvalue weighted by Crippen LogP contribution is 2.22. The summed E-state index contributed by atoms with van der Waals surface area (Å²) in [4.78, 5) is 7.49. The summed E-state index contributed by atoms with van der Waals surface area (Å²) in [6, 6.07) is 3.83. The lowest BCUT2D eigenvalue weighted by atomic mass is 10.2.